The molecule has 0 aliphatic heterocycles. The molecule has 0 radical (unpaired) electrons. The van der Waals surface area contributed by atoms with E-state index in [1.807, 2.05) is 6.92 Å². The minimum Gasteiger partial charge on any atom is -0.492 e. The van der Waals surface area contributed by atoms with Crippen LogP contribution in [0.4, 0.5) is 0 Å². The van der Waals surface area contributed by atoms with Crippen LogP contribution in [0.25, 0.3) is 0 Å². The van der Waals surface area contributed by atoms with E-state index in [1.54, 1.807) is 30.2 Å². The van der Waals surface area contributed by atoms with Gasteiger partial charge in [-0.3, -0.25) is 9.78 Å². The molecule has 0 aliphatic rings. The van der Waals surface area contributed by atoms with E-state index in [4.69, 9.17) is 4.74 Å². The molecule has 0 aromatic carbocycles. The van der Waals surface area contributed by atoms with Crippen LogP contribution in [-0.2, 0) is 0 Å². The number of aromatic nitrogens is 1. The Morgan fingerprint density at radius 1 is 1.44 bits per heavy atom. The summed E-state index contributed by atoms with van der Waals surface area (Å²) in [6.07, 6.45) is 5.28. The third kappa shape index (κ3) is 5.08. The number of rotatable bonds is 8. The van der Waals surface area contributed by atoms with Crippen LogP contribution in [-0.4, -0.2) is 28.4 Å². The first-order valence-corrected chi connectivity index (χ1v) is 7.44. The summed E-state index contributed by atoms with van der Waals surface area (Å²) < 4.78 is 5.47. The van der Waals surface area contributed by atoms with E-state index in [-0.39, 0.29) is 5.78 Å². The van der Waals surface area contributed by atoms with Crippen LogP contribution in [0.1, 0.15) is 44.0 Å². The second-order valence-electron chi connectivity index (χ2n) is 4.21. The van der Waals surface area contributed by atoms with Gasteiger partial charge < -0.3 is 4.74 Å². The Morgan fingerprint density at radius 2 is 2.22 bits per heavy atom. The number of Topliss-reactive ketones (excluding diaryl/α,β-unsaturated/α-hetero) is 1. The van der Waals surface area contributed by atoms with Crippen LogP contribution in [0, 0.1) is 0 Å². The van der Waals surface area contributed by atoms with Gasteiger partial charge in [0.25, 0.3) is 0 Å². The van der Waals surface area contributed by atoms with Gasteiger partial charge in [-0.1, -0.05) is 20.8 Å². The van der Waals surface area contributed by atoms with E-state index >= 15 is 0 Å². The topological polar surface area (TPSA) is 39.2 Å². The highest BCUT2D eigenvalue weighted by Gasteiger charge is 2.10. The maximum Gasteiger partial charge on any atom is 0.174 e. The number of ketones is 1. The van der Waals surface area contributed by atoms with Crippen LogP contribution in [0.15, 0.2) is 18.5 Å². The highest BCUT2D eigenvalue weighted by atomic mass is 32.2. The molecule has 0 aliphatic carbocycles. The number of carbonyl (C=O) groups is 1. The van der Waals surface area contributed by atoms with Gasteiger partial charge in [-0.25, -0.2) is 0 Å². The zero-order valence-electron chi connectivity index (χ0n) is 11.3. The predicted octanol–water partition coefficient (Wildman–Crippen LogP) is 3.58. The average Bonchev–Trinajstić information content (AvgIpc) is 2.42. The molecule has 1 rings (SSSR count). The number of nitrogens with zero attached hydrogens (tertiary/aromatic N) is 1. The van der Waals surface area contributed by atoms with Crippen LogP contribution in [0.2, 0.25) is 0 Å². The number of ether oxygens (including phenoxy) is 1. The molecule has 4 heteroatoms. The van der Waals surface area contributed by atoms with E-state index < -0.39 is 0 Å². The first-order valence-electron chi connectivity index (χ1n) is 6.40. The largest absolute Gasteiger partial charge is 0.492 e. The fourth-order valence-electron chi connectivity index (χ4n) is 1.29. The summed E-state index contributed by atoms with van der Waals surface area (Å²) in [6, 6.07) is 1.78. The van der Waals surface area contributed by atoms with Crippen LogP contribution in [0.5, 0.6) is 5.75 Å². The molecule has 1 heterocycles. The molecule has 100 valence electrons. The normalized spacial score (nSPS) is 12.2. The molecule has 0 saturated heterocycles. The van der Waals surface area contributed by atoms with Crippen molar-refractivity contribution in [3.8, 4) is 5.75 Å². The van der Waals surface area contributed by atoms with E-state index in [0.29, 0.717) is 28.9 Å². The first-order chi connectivity index (χ1) is 8.67. The molecule has 1 unspecified atom stereocenters. The third-order valence-corrected chi connectivity index (χ3v) is 3.91. The molecule has 0 spiro atoms. The standard InChI is InChI=1S/C14H21NO2S/c1-4-6-17-13-7-12(8-15-9-13)14(16)10-18-11(3)5-2/h7-9,11H,4-6,10H2,1-3H3. The molecule has 1 aromatic heterocycles. The monoisotopic (exact) mass is 267 g/mol. The van der Waals surface area contributed by atoms with Gasteiger partial charge in [0.1, 0.15) is 5.75 Å². The van der Waals surface area contributed by atoms with Crippen molar-refractivity contribution in [3.05, 3.63) is 24.0 Å². The Kier molecular flexibility index (Phi) is 6.80. The van der Waals surface area contributed by atoms with Crippen LogP contribution in [0.3, 0.4) is 0 Å². The Bertz CT molecular complexity index is 382. The third-order valence-electron chi connectivity index (χ3n) is 2.58. The van der Waals surface area contributed by atoms with Gasteiger partial charge in [-0.15, -0.1) is 0 Å². The number of thioether (sulfide) groups is 1. The van der Waals surface area contributed by atoms with Gasteiger partial charge in [0.2, 0.25) is 0 Å². The van der Waals surface area contributed by atoms with Crippen molar-refractivity contribution in [2.45, 2.75) is 38.9 Å². The summed E-state index contributed by atoms with van der Waals surface area (Å²) in [4.78, 5) is 16.0. The van der Waals surface area contributed by atoms with Gasteiger partial charge in [0, 0.05) is 17.0 Å². The smallest absolute Gasteiger partial charge is 0.174 e. The van der Waals surface area contributed by atoms with E-state index in [1.165, 1.54) is 0 Å². The average molecular weight is 267 g/mol. The number of hydrogen-bond acceptors (Lipinski definition) is 4. The Hall–Kier alpha value is -1.03. The van der Waals surface area contributed by atoms with Crippen LogP contribution < -0.4 is 4.74 Å². The summed E-state index contributed by atoms with van der Waals surface area (Å²) in [5.74, 6) is 1.31. The summed E-state index contributed by atoms with van der Waals surface area (Å²) in [5, 5.41) is 0.515. The highest BCUT2D eigenvalue weighted by Crippen LogP contribution is 2.17. The lowest BCUT2D eigenvalue weighted by Crippen LogP contribution is -2.07. The van der Waals surface area contributed by atoms with Crippen molar-refractivity contribution in [2.24, 2.45) is 0 Å². The number of carbonyl (C=O) groups excluding carboxylic acids is 1. The Balaban J connectivity index is 2.56. The van der Waals surface area contributed by atoms with Crippen molar-refractivity contribution in [1.82, 2.24) is 4.98 Å². The lowest BCUT2D eigenvalue weighted by Gasteiger charge is -2.08. The van der Waals surface area contributed by atoms with Crippen molar-refractivity contribution in [2.75, 3.05) is 12.4 Å². The second kappa shape index (κ2) is 8.14. The summed E-state index contributed by atoms with van der Waals surface area (Å²) in [7, 11) is 0. The van der Waals surface area contributed by atoms with Gasteiger partial charge in [0.15, 0.2) is 5.78 Å². The Labute approximate surface area is 113 Å². The number of pyridine rings is 1. The van der Waals surface area contributed by atoms with E-state index in [2.05, 4.69) is 18.8 Å². The van der Waals surface area contributed by atoms with Gasteiger partial charge in [-0.05, 0) is 18.9 Å². The zero-order valence-corrected chi connectivity index (χ0v) is 12.1. The molecule has 1 atom stereocenters. The molecular formula is C14H21NO2S. The maximum atomic E-state index is 12.0. The van der Waals surface area contributed by atoms with Crippen LogP contribution >= 0.6 is 11.8 Å². The minimum absolute atomic E-state index is 0.120. The fourth-order valence-corrected chi connectivity index (χ4v) is 2.13. The van der Waals surface area contributed by atoms with Crippen molar-refractivity contribution >= 4 is 17.5 Å². The minimum atomic E-state index is 0.120. The molecule has 3 nitrogen and oxygen atoms in total. The quantitative estimate of drug-likeness (QED) is 0.675. The molecular weight excluding hydrogens is 246 g/mol. The lowest BCUT2D eigenvalue weighted by molar-refractivity contribution is 0.102. The molecule has 0 fully saturated rings. The summed E-state index contributed by atoms with van der Waals surface area (Å²) >= 11 is 1.68. The van der Waals surface area contributed by atoms with Gasteiger partial charge in [-0.2, -0.15) is 11.8 Å². The van der Waals surface area contributed by atoms with Gasteiger partial charge >= 0.3 is 0 Å². The second-order valence-corrected chi connectivity index (χ2v) is 5.64. The summed E-state index contributed by atoms with van der Waals surface area (Å²) in [5.41, 5.74) is 0.638. The Morgan fingerprint density at radius 3 is 2.89 bits per heavy atom. The number of hydrogen-bond donors (Lipinski definition) is 0. The molecule has 1 aromatic rings. The summed E-state index contributed by atoms with van der Waals surface area (Å²) in [6.45, 7) is 6.96. The zero-order chi connectivity index (χ0) is 13.4. The van der Waals surface area contributed by atoms with Crippen molar-refractivity contribution < 1.29 is 9.53 Å². The highest BCUT2D eigenvalue weighted by molar-refractivity contribution is 8.00. The van der Waals surface area contributed by atoms with Gasteiger partial charge in [0.05, 0.1) is 18.6 Å². The maximum absolute atomic E-state index is 12.0. The molecule has 0 N–H and O–H groups in total. The predicted molar refractivity (Wildman–Crippen MR) is 76.6 cm³/mol. The van der Waals surface area contributed by atoms with Crippen molar-refractivity contribution in [1.29, 1.82) is 0 Å². The van der Waals surface area contributed by atoms with Crippen molar-refractivity contribution in [3.63, 3.8) is 0 Å². The lowest BCUT2D eigenvalue weighted by atomic mass is 10.2. The fraction of sp³-hybridized carbons (Fsp3) is 0.571. The molecule has 0 saturated carbocycles. The molecule has 18 heavy (non-hydrogen) atoms. The molecule has 0 bridgehead atoms. The van der Waals surface area contributed by atoms with E-state index in [9.17, 15) is 4.79 Å². The first kappa shape index (κ1) is 15.0. The SMILES string of the molecule is CCCOc1cncc(C(=O)CSC(C)CC)c1. The van der Waals surface area contributed by atoms with E-state index in [0.717, 1.165) is 12.8 Å². The molecule has 0 amide bonds.